The summed E-state index contributed by atoms with van der Waals surface area (Å²) in [7, 11) is 6.04. The van der Waals surface area contributed by atoms with E-state index in [-0.39, 0.29) is 11.1 Å². The van der Waals surface area contributed by atoms with Crippen molar-refractivity contribution >= 4 is 45.0 Å². The number of amides is 2. The number of carbonyl (C=O) groups is 2. The molecule has 14 heteroatoms. The van der Waals surface area contributed by atoms with E-state index in [1.807, 2.05) is 0 Å². The first kappa shape index (κ1) is 34.5. The zero-order valence-electron chi connectivity index (χ0n) is 29.1. The van der Waals surface area contributed by atoms with Crippen molar-refractivity contribution in [1.29, 1.82) is 0 Å². The summed E-state index contributed by atoms with van der Waals surface area (Å²) in [6.07, 6.45) is 0.779. The molecule has 1 saturated carbocycles. The molecule has 2 heterocycles. The van der Waals surface area contributed by atoms with Crippen LogP contribution in [0.2, 0.25) is 0 Å². The Labute approximate surface area is 301 Å². The molecule has 4 aromatic carbocycles. The Kier molecular flexibility index (Phi) is 9.10. The van der Waals surface area contributed by atoms with Crippen LogP contribution in [0.4, 0.5) is 11.4 Å². The molecule has 4 N–H and O–H groups in total. The van der Waals surface area contributed by atoms with E-state index in [0.29, 0.717) is 92.0 Å². The van der Waals surface area contributed by atoms with E-state index in [0.717, 1.165) is 0 Å². The Balaban J connectivity index is 1.000. The minimum absolute atomic E-state index is 0.306. The fourth-order valence-electron chi connectivity index (χ4n) is 5.92. The third-order valence-corrected chi connectivity index (χ3v) is 8.92. The molecule has 2 aromatic heterocycles. The summed E-state index contributed by atoms with van der Waals surface area (Å²) < 4.78 is 33.6. The Hall–Kier alpha value is -6.96. The van der Waals surface area contributed by atoms with Gasteiger partial charge in [0, 0.05) is 46.4 Å². The van der Waals surface area contributed by atoms with Gasteiger partial charge in [0.25, 0.3) is 11.1 Å². The van der Waals surface area contributed by atoms with Gasteiger partial charge in [-0.25, -0.2) is 0 Å². The number of pyridine rings is 2. The van der Waals surface area contributed by atoms with Crippen LogP contribution >= 0.6 is 0 Å². The van der Waals surface area contributed by atoms with Gasteiger partial charge in [-0.05, 0) is 73.5 Å². The monoisotopic (exact) mass is 718 g/mol. The summed E-state index contributed by atoms with van der Waals surface area (Å²) in [4.78, 5) is 56.9. The fraction of sp³-hybridized carbons (Fsp3) is 0.179. The lowest BCUT2D eigenvalue weighted by molar-refractivity contribution is -0.131. The molecule has 1 fully saturated rings. The van der Waals surface area contributed by atoms with Crippen LogP contribution in [0.5, 0.6) is 46.0 Å². The second-order valence-electron chi connectivity index (χ2n) is 12.2. The van der Waals surface area contributed by atoms with Crippen LogP contribution in [0.3, 0.4) is 0 Å². The molecule has 6 aromatic rings. The van der Waals surface area contributed by atoms with Gasteiger partial charge in [-0.2, -0.15) is 0 Å². The first-order chi connectivity index (χ1) is 25.6. The molecule has 53 heavy (non-hydrogen) atoms. The van der Waals surface area contributed by atoms with Crippen molar-refractivity contribution < 1.29 is 38.0 Å². The van der Waals surface area contributed by atoms with Crippen LogP contribution in [-0.2, 0) is 9.59 Å². The van der Waals surface area contributed by atoms with E-state index >= 15 is 0 Å². The molecule has 1 aliphatic carbocycles. The van der Waals surface area contributed by atoms with Crippen molar-refractivity contribution in [1.82, 2.24) is 9.97 Å². The number of ether oxygens (including phenoxy) is 6. The number of aromatic amines is 2. The van der Waals surface area contributed by atoms with Crippen LogP contribution in [0, 0.1) is 5.41 Å². The maximum Gasteiger partial charge on any atom is 0.252 e. The molecular weight excluding hydrogens is 684 g/mol. The number of nitrogens with one attached hydrogen (secondary N) is 4. The van der Waals surface area contributed by atoms with E-state index < -0.39 is 17.2 Å². The molecule has 0 unspecified atom stereocenters. The smallest absolute Gasteiger partial charge is 0.252 e. The van der Waals surface area contributed by atoms with Gasteiger partial charge in [0.1, 0.15) is 28.4 Å². The predicted octanol–water partition coefficient (Wildman–Crippen LogP) is 6.35. The molecule has 2 amide bonds. The average Bonchev–Trinajstić information content (AvgIpc) is 3.98. The number of aromatic nitrogens is 2. The second kappa shape index (κ2) is 14.0. The highest BCUT2D eigenvalue weighted by atomic mass is 16.5. The number of H-pyrrole nitrogens is 2. The topological polar surface area (TPSA) is 179 Å². The molecule has 0 atom stereocenters. The highest BCUT2D eigenvalue weighted by molar-refractivity contribution is 6.17. The fourth-order valence-corrected chi connectivity index (χ4v) is 5.92. The third-order valence-electron chi connectivity index (χ3n) is 8.92. The lowest BCUT2D eigenvalue weighted by atomic mass is 10.0. The van der Waals surface area contributed by atoms with Gasteiger partial charge < -0.3 is 49.0 Å². The van der Waals surface area contributed by atoms with Gasteiger partial charge in [0.2, 0.25) is 11.8 Å². The molecule has 0 spiro atoms. The summed E-state index contributed by atoms with van der Waals surface area (Å²) >= 11 is 0. The summed E-state index contributed by atoms with van der Waals surface area (Å²) in [5, 5.41) is 6.88. The van der Waals surface area contributed by atoms with Crippen LogP contribution in [-0.4, -0.2) is 50.2 Å². The molecular formula is C39H34N4O10. The molecule has 0 bridgehead atoms. The van der Waals surface area contributed by atoms with Crippen molar-refractivity contribution in [3.05, 3.63) is 106 Å². The SMILES string of the molecule is COc1cc2[nH]c(=O)cc(Oc3ccc(NC(=O)C4(C(=O)Nc5ccc(Oc6cc(=O)[nH]c7cc(OC)c(OC)cc67)cc5)CC4)cc3)c2cc1OC. The highest BCUT2D eigenvalue weighted by Crippen LogP contribution is 2.48. The van der Waals surface area contributed by atoms with E-state index in [1.165, 1.54) is 40.6 Å². The Morgan fingerprint density at radius 1 is 0.528 bits per heavy atom. The zero-order valence-corrected chi connectivity index (χ0v) is 29.1. The van der Waals surface area contributed by atoms with Crippen LogP contribution in [0.25, 0.3) is 21.8 Å². The molecule has 0 radical (unpaired) electrons. The number of anilines is 2. The van der Waals surface area contributed by atoms with Crippen LogP contribution in [0.1, 0.15) is 12.8 Å². The first-order valence-corrected chi connectivity index (χ1v) is 16.4. The number of fused-ring (bicyclic) bond motifs is 2. The number of hydrogen-bond acceptors (Lipinski definition) is 10. The van der Waals surface area contributed by atoms with Crippen LogP contribution < -0.4 is 50.2 Å². The molecule has 0 saturated heterocycles. The lowest BCUT2D eigenvalue weighted by Crippen LogP contribution is -2.35. The minimum atomic E-state index is -1.22. The first-order valence-electron chi connectivity index (χ1n) is 16.4. The number of benzene rings is 4. The summed E-state index contributed by atoms with van der Waals surface area (Å²) in [5.74, 6) is 2.44. The summed E-state index contributed by atoms with van der Waals surface area (Å²) in [6, 6.07) is 22.6. The summed E-state index contributed by atoms with van der Waals surface area (Å²) in [6.45, 7) is 0. The highest BCUT2D eigenvalue weighted by Gasteiger charge is 2.56. The average molecular weight is 719 g/mol. The van der Waals surface area contributed by atoms with Gasteiger partial charge in [-0.15, -0.1) is 0 Å². The van der Waals surface area contributed by atoms with Crippen molar-refractivity contribution in [2.24, 2.45) is 5.41 Å². The van der Waals surface area contributed by atoms with Crippen molar-refractivity contribution in [3.8, 4) is 46.0 Å². The second-order valence-corrected chi connectivity index (χ2v) is 12.2. The van der Waals surface area contributed by atoms with E-state index in [9.17, 15) is 19.2 Å². The van der Waals surface area contributed by atoms with Crippen LogP contribution in [0.15, 0.2) is 94.5 Å². The number of carbonyl (C=O) groups excluding carboxylic acids is 2. The molecule has 7 rings (SSSR count). The zero-order chi connectivity index (χ0) is 37.3. The largest absolute Gasteiger partial charge is 0.493 e. The maximum atomic E-state index is 13.4. The van der Waals surface area contributed by atoms with Gasteiger partial charge in [-0.3, -0.25) is 19.2 Å². The number of hydrogen-bond donors (Lipinski definition) is 4. The normalized spacial score (nSPS) is 12.8. The van der Waals surface area contributed by atoms with E-state index in [2.05, 4.69) is 20.6 Å². The number of methoxy groups -OCH3 is 4. The van der Waals surface area contributed by atoms with Crippen molar-refractivity contribution in [2.75, 3.05) is 39.1 Å². The predicted molar refractivity (Wildman–Crippen MR) is 197 cm³/mol. The van der Waals surface area contributed by atoms with E-state index in [1.54, 1.807) is 72.8 Å². The van der Waals surface area contributed by atoms with Gasteiger partial charge >= 0.3 is 0 Å². The van der Waals surface area contributed by atoms with Gasteiger partial charge in [0.15, 0.2) is 23.0 Å². The Bertz CT molecular complexity index is 2320. The molecule has 1 aliphatic rings. The van der Waals surface area contributed by atoms with Crippen molar-refractivity contribution in [2.45, 2.75) is 12.8 Å². The van der Waals surface area contributed by atoms with E-state index in [4.69, 9.17) is 28.4 Å². The molecule has 14 nitrogen and oxygen atoms in total. The number of rotatable bonds is 12. The standard InChI is InChI=1S/C39H34N4O10/c1-48-31-15-25-27(17-33(31)50-3)42-35(44)19-29(25)52-23-9-5-21(6-10-23)40-37(46)39(13-14-39)38(47)41-22-7-11-24(12-8-22)53-30-20-36(45)43-28-18-34(51-4)32(49-2)16-26(28)30/h5-12,15-20H,13-14H2,1-4H3,(H,40,46)(H,41,47)(H,42,44)(H,43,45). The Morgan fingerprint density at radius 2 is 0.887 bits per heavy atom. The lowest BCUT2D eigenvalue weighted by Gasteiger charge is -2.16. The summed E-state index contributed by atoms with van der Waals surface area (Å²) in [5.41, 5.74) is 0.00624. The minimum Gasteiger partial charge on any atom is -0.493 e. The maximum absolute atomic E-state index is 13.4. The molecule has 270 valence electrons. The van der Waals surface area contributed by atoms with Gasteiger partial charge in [0.05, 0.1) is 39.5 Å². The Morgan fingerprint density at radius 3 is 1.23 bits per heavy atom. The van der Waals surface area contributed by atoms with Crippen molar-refractivity contribution in [3.63, 3.8) is 0 Å². The molecule has 0 aliphatic heterocycles. The van der Waals surface area contributed by atoms with Gasteiger partial charge in [-0.1, -0.05) is 0 Å². The quantitative estimate of drug-likeness (QED) is 0.104. The third kappa shape index (κ3) is 6.89.